The second-order valence-electron chi connectivity index (χ2n) is 5.44. The lowest BCUT2D eigenvalue weighted by atomic mass is 10.1. The maximum atomic E-state index is 12.9. The Balaban J connectivity index is 2.27. The summed E-state index contributed by atoms with van der Waals surface area (Å²) in [6, 6.07) is 5.99. The number of aliphatic hydroxyl groups is 1. The second-order valence-corrected chi connectivity index (χ2v) is 6.44. The fraction of sp³-hybridized carbons (Fsp3) is 0.333. The number of carbonyl (C=O) groups is 1. The first-order valence-electron chi connectivity index (χ1n) is 6.49. The summed E-state index contributed by atoms with van der Waals surface area (Å²) in [4.78, 5) is 17.1. The molecule has 6 heteroatoms. The number of aliphatic hydroxyl groups excluding tert-OH is 1. The molecular weight excluding hydrogens is 291 g/mol. The number of benzene rings is 1. The van der Waals surface area contributed by atoms with E-state index in [-0.39, 0.29) is 18.3 Å². The first kappa shape index (κ1) is 15.6. The van der Waals surface area contributed by atoms with Crippen LogP contribution in [0.15, 0.2) is 24.3 Å². The molecule has 1 aromatic heterocycles. The minimum Gasteiger partial charge on any atom is -0.394 e. The number of carbonyl (C=O) groups excluding carboxylic acids is 1. The van der Waals surface area contributed by atoms with E-state index in [0.717, 1.165) is 5.56 Å². The number of nitrogens with zero attached hydrogens (tertiary/aromatic N) is 1. The summed E-state index contributed by atoms with van der Waals surface area (Å²) in [7, 11) is 0. The maximum absolute atomic E-state index is 12.9. The van der Waals surface area contributed by atoms with Gasteiger partial charge in [0, 0.05) is 5.56 Å². The topological polar surface area (TPSA) is 62.2 Å². The monoisotopic (exact) mass is 308 g/mol. The van der Waals surface area contributed by atoms with Gasteiger partial charge in [0.2, 0.25) is 0 Å². The number of halogens is 1. The number of thiazole rings is 1. The van der Waals surface area contributed by atoms with Crippen LogP contribution in [-0.2, 0) is 0 Å². The largest absolute Gasteiger partial charge is 0.394 e. The van der Waals surface area contributed by atoms with Crippen LogP contribution in [0.1, 0.15) is 29.2 Å². The summed E-state index contributed by atoms with van der Waals surface area (Å²) in [5, 5.41) is 12.6. The Hall–Kier alpha value is -1.79. The van der Waals surface area contributed by atoms with Crippen LogP contribution in [0, 0.1) is 12.7 Å². The summed E-state index contributed by atoms with van der Waals surface area (Å²) in [5.74, 6) is -0.577. The molecule has 2 aromatic rings. The molecule has 0 aliphatic rings. The number of hydrogen-bond acceptors (Lipinski definition) is 4. The van der Waals surface area contributed by atoms with Crippen molar-refractivity contribution >= 4 is 17.2 Å². The van der Waals surface area contributed by atoms with Crippen LogP contribution in [0.3, 0.4) is 0 Å². The van der Waals surface area contributed by atoms with Gasteiger partial charge in [-0.05, 0) is 45.0 Å². The highest BCUT2D eigenvalue weighted by atomic mass is 32.1. The molecule has 4 nitrogen and oxygen atoms in total. The Bertz CT molecular complexity index is 650. The average molecular weight is 308 g/mol. The van der Waals surface area contributed by atoms with Crippen molar-refractivity contribution in [2.45, 2.75) is 26.3 Å². The van der Waals surface area contributed by atoms with E-state index in [1.807, 2.05) is 0 Å². The van der Waals surface area contributed by atoms with Crippen molar-refractivity contribution in [2.75, 3.05) is 6.61 Å². The van der Waals surface area contributed by atoms with Gasteiger partial charge in [0.25, 0.3) is 5.91 Å². The van der Waals surface area contributed by atoms with E-state index in [1.54, 1.807) is 32.9 Å². The lowest BCUT2D eigenvalue weighted by Crippen LogP contribution is -2.46. The molecule has 1 aromatic carbocycles. The highest BCUT2D eigenvalue weighted by molar-refractivity contribution is 7.17. The van der Waals surface area contributed by atoms with Crippen molar-refractivity contribution in [1.29, 1.82) is 0 Å². The molecule has 2 rings (SSSR count). The van der Waals surface area contributed by atoms with Crippen LogP contribution in [0.5, 0.6) is 0 Å². The van der Waals surface area contributed by atoms with Gasteiger partial charge in [-0.3, -0.25) is 4.79 Å². The quantitative estimate of drug-likeness (QED) is 0.913. The van der Waals surface area contributed by atoms with Gasteiger partial charge in [-0.15, -0.1) is 11.3 Å². The van der Waals surface area contributed by atoms with Crippen molar-refractivity contribution in [1.82, 2.24) is 10.3 Å². The van der Waals surface area contributed by atoms with Crippen molar-refractivity contribution < 1.29 is 14.3 Å². The van der Waals surface area contributed by atoms with Crippen molar-refractivity contribution in [3.63, 3.8) is 0 Å². The van der Waals surface area contributed by atoms with E-state index in [2.05, 4.69) is 10.3 Å². The molecule has 1 heterocycles. The Kier molecular flexibility index (Phi) is 4.39. The third-order valence-corrected chi connectivity index (χ3v) is 4.15. The molecular formula is C15H17FN2O2S. The first-order chi connectivity index (χ1) is 9.82. The summed E-state index contributed by atoms with van der Waals surface area (Å²) in [5.41, 5.74) is 0.694. The first-order valence-corrected chi connectivity index (χ1v) is 7.31. The van der Waals surface area contributed by atoms with E-state index in [1.165, 1.54) is 23.5 Å². The molecule has 0 spiro atoms. The molecule has 112 valence electrons. The Labute approximate surface area is 126 Å². The standard InChI is InChI=1S/C15H17FN2O2S/c1-9-12(13(20)18-15(2,3)8-19)21-14(17-9)10-4-6-11(16)7-5-10/h4-7,19H,8H2,1-3H3,(H,18,20). The molecule has 0 saturated heterocycles. The number of aryl methyl sites for hydroxylation is 1. The molecule has 1 amide bonds. The van der Waals surface area contributed by atoms with Gasteiger partial charge in [0.15, 0.2) is 0 Å². The van der Waals surface area contributed by atoms with Crippen LogP contribution in [-0.4, -0.2) is 28.1 Å². The molecule has 2 N–H and O–H groups in total. The fourth-order valence-electron chi connectivity index (χ4n) is 1.73. The van der Waals surface area contributed by atoms with Crippen molar-refractivity contribution in [3.8, 4) is 10.6 Å². The van der Waals surface area contributed by atoms with E-state index in [0.29, 0.717) is 15.6 Å². The van der Waals surface area contributed by atoms with Crippen LogP contribution >= 0.6 is 11.3 Å². The van der Waals surface area contributed by atoms with Gasteiger partial charge >= 0.3 is 0 Å². The van der Waals surface area contributed by atoms with E-state index >= 15 is 0 Å². The van der Waals surface area contributed by atoms with Gasteiger partial charge in [-0.2, -0.15) is 0 Å². The number of hydrogen-bond donors (Lipinski definition) is 2. The van der Waals surface area contributed by atoms with Crippen molar-refractivity contribution in [3.05, 3.63) is 40.7 Å². The normalized spacial score (nSPS) is 11.5. The molecule has 0 aliphatic carbocycles. The average Bonchev–Trinajstić information content (AvgIpc) is 2.81. The van der Waals surface area contributed by atoms with E-state index < -0.39 is 5.54 Å². The fourth-order valence-corrected chi connectivity index (χ4v) is 2.69. The highest BCUT2D eigenvalue weighted by Crippen LogP contribution is 2.28. The number of amides is 1. The van der Waals surface area contributed by atoms with Crippen LogP contribution in [0.4, 0.5) is 4.39 Å². The van der Waals surface area contributed by atoms with Gasteiger partial charge in [-0.25, -0.2) is 9.37 Å². The predicted molar refractivity (Wildman–Crippen MR) is 80.9 cm³/mol. The number of rotatable bonds is 4. The SMILES string of the molecule is Cc1nc(-c2ccc(F)cc2)sc1C(=O)NC(C)(C)CO. The molecule has 21 heavy (non-hydrogen) atoms. The Morgan fingerprint density at radius 1 is 1.38 bits per heavy atom. The van der Waals surface area contributed by atoms with Gasteiger partial charge in [0.1, 0.15) is 15.7 Å². The minimum absolute atomic E-state index is 0.151. The smallest absolute Gasteiger partial charge is 0.263 e. The summed E-state index contributed by atoms with van der Waals surface area (Å²) >= 11 is 1.25. The molecule has 0 atom stereocenters. The summed E-state index contributed by atoms with van der Waals surface area (Å²) in [6.45, 7) is 5.08. The zero-order chi connectivity index (χ0) is 15.6. The van der Waals surface area contributed by atoms with Crippen LogP contribution in [0.2, 0.25) is 0 Å². The van der Waals surface area contributed by atoms with Gasteiger partial charge in [-0.1, -0.05) is 0 Å². The molecule has 0 saturated carbocycles. The zero-order valence-corrected chi connectivity index (χ0v) is 12.9. The lowest BCUT2D eigenvalue weighted by Gasteiger charge is -2.22. The van der Waals surface area contributed by atoms with E-state index in [4.69, 9.17) is 0 Å². The third kappa shape index (κ3) is 3.65. The van der Waals surface area contributed by atoms with Crippen molar-refractivity contribution in [2.24, 2.45) is 0 Å². The Morgan fingerprint density at radius 3 is 2.57 bits per heavy atom. The molecule has 0 bridgehead atoms. The van der Waals surface area contributed by atoms with Crippen LogP contribution in [0.25, 0.3) is 10.6 Å². The predicted octanol–water partition coefficient (Wildman–Crippen LogP) is 2.76. The molecule has 0 fully saturated rings. The van der Waals surface area contributed by atoms with Gasteiger partial charge in [0.05, 0.1) is 17.8 Å². The zero-order valence-electron chi connectivity index (χ0n) is 12.1. The highest BCUT2D eigenvalue weighted by Gasteiger charge is 2.23. The number of aromatic nitrogens is 1. The Morgan fingerprint density at radius 2 is 2.00 bits per heavy atom. The minimum atomic E-state index is -0.691. The number of nitrogens with one attached hydrogen (secondary N) is 1. The van der Waals surface area contributed by atoms with Crippen LogP contribution < -0.4 is 5.32 Å². The third-order valence-electron chi connectivity index (χ3n) is 2.94. The molecule has 0 radical (unpaired) electrons. The summed E-state index contributed by atoms with van der Waals surface area (Å²) < 4.78 is 12.9. The molecule has 0 aliphatic heterocycles. The lowest BCUT2D eigenvalue weighted by molar-refractivity contribution is 0.0872. The maximum Gasteiger partial charge on any atom is 0.263 e. The molecule has 0 unspecified atom stereocenters. The second kappa shape index (κ2) is 5.91. The summed E-state index contributed by atoms with van der Waals surface area (Å²) in [6.07, 6.45) is 0. The van der Waals surface area contributed by atoms with Gasteiger partial charge < -0.3 is 10.4 Å². The van der Waals surface area contributed by atoms with E-state index in [9.17, 15) is 14.3 Å².